The van der Waals surface area contributed by atoms with E-state index in [0.29, 0.717) is 12.1 Å². The molecule has 1 heterocycles. The molecule has 98 valence electrons. The average molecular weight is 245 g/mol. The maximum atomic E-state index is 5.58. The van der Waals surface area contributed by atoms with Crippen LogP contribution in [0.15, 0.2) is 18.8 Å². The lowest BCUT2D eigenvalue weighted by Gasteiger charge is -2.15. The fourth-order valence-corrected chi connectivity index (χ4v) is 2.15. The topological polar surface area (TPSA) is 50.9 Å². The molecule has 0 aliphatic heterocycles. The predicted molar refractivity (Wildman–Crippen MR) is 76.3 cm³/mol. The van der Waals surface area contributed by atoms with Gasteiger partial charge in [0.15, 0.2) is 0 Å². The van der Waals surface area contributed by atoms with E-state index in [9.17, 15) is 0 Å². The smallest absolute Gasteiger partial charge is 0.0655 e. The zero-order valence-electron chi connectivity index (χ0n) is 11.2. The van der Waals surface area contributed by atoms with E-state index in [-0.39, 0.29) is 0 Å². The second kappa shape index (κ2) is 6.12. The van der Waals surface area contributed by atoms with Crippen LogP contribution in [0.4, 0.5) is 0 Å². The predicted octanol–water partition coefficient (Wildman–Crippen LogP) is 2.43. The third-order valence-corrected chi connectivity index (χ3v) is 3.43. The maximum absolute atomic E-state index is 5.58. The molecule has 0 radical (unpaired) electrons. The van der Waals surface area contributed by atoms with Gasteiger partial charge in [0.05, 0.1) is 5.69 Å². The van der Waals surface area contributed by atoms with Crippen molar-refractivity contribution in [2.75, 3.05) is 6.54 Å². The highest BCUT2D eigenvalue weighted by atomic mass is 15.0. The van der Waals surface area contributed by atoms with Crippen molar-refractivity contribution in [3.63, 3.8) is 0 Å². The molecule has 1 aromatic heterocycles. The third kappa shape index (κ3) is 3.40. The zero-order valence-corrected chi connectivity index (χ0v) is 11.2. The molecule has 18 heavy (non-hydrogen) atoms. The Bertz CT molecular complexity index is 410. The van der Waals surface area contributed by atoms with Gasteiger partial charge in [0, 0.05) is 18.3 Å². The summed E-state index contributed by atoms with van der Waals surface area (Å²) in [4.78, 5) is 4.50. The van der Waals surface area contributed by atoms with Crippen molar-refractivity contribution in [1.82, 2.24) is 10.3 Å². The summed E-state index contributed by atoms with van der Waals surface area (Å²) >= 11 is 0. The van der Waals surface area contributed by atoms with Gasteiger partial charge in [-0.2, -0.15) is 0 Å². The number of hydrogen-bond acceptors (Lipinski definition) is 3. The SMILES string of the molecule is C=Cc1ncc(C(C)NC2CC2)cc1CCCN. The lowest BCUT2D eigenvalue weighted by Crippen LogP contribution is -2.21. The molecular formula is C15H23N3. The van der Waals surface area contributed by atoms with Crippen LogP contribution in [0.1, 0.15) is 49.0 Å². The largest absolute Gasteiger partial charge is 0.330 e. The van der Waals surface area contributed by atoms with Crippen molar-refractivity contribution in [3.8, 4) is 0 Å². The Morgan fingerprint density at radius 2 is 2.39 bits per heavy atom. The fourth-order valence-electron chi connectivity index (χ4n) is 2.15. The molecule has 2 rings (SSSR count). The molecule has 1 atom stereocenters. The van der Waals surface area contributed by atoms with Crippen LogP contribution in [-0.2, 0) is 6.42 Å². The minimum Gasteiger partial charge on any atom is -0.330 e. The van der Waals surface area contributed by atoms with E-state index in [4.69, 9.17) is 5.73 Å². The van der Waals surface area contributed by atoms with Crippen LogP contribution >= 0.6 is 0 Å². The lowest BCUT2D eigenvalue weighted by atomic mass is 10.0. The normalized spacial score (nSPS) is 16.6. The monoisotopic (exact) mass is 245 g/mol. The molecule has 1 fully saturated rings. The van der Waals surface area contributed by atoms with Crippen LogP contribution in [-0.4, -0.2) is 17.6 Å². The minimum atomic E-state index is 0.375. The van der Waals surface area contributed by atoms with Crippen molar-refractivity contribution < 1.29 is 0 Å². The van der Waals surface area contributed by atoms with Crippen LogP contribution in [0, 0.1) is 0 Å². The highest BCUT2D eigenvalue weighted by Crippen LogP contribution is 2.24. The number of rotatable bonds is 7. The Hall–Kier alpha value is -1.19. The van der Waals surface area contributed by atoms with Gasteiger partial charge in [-0.25, -0.2) is 0 Å². The number of hydrogen-bond donors (Lipinski definition) is 2. The molecule has 1 aromatic rings. The number of nitrogens with one attached hydrogen (secondary N) is 1. The summed E-state index contributed by atoms with van der Waals surface area (Å²) < 4.78 is 0. The highest BCUT2D eigenvalue weighted by molar-refractivity contribution is 5.48. The first-order valence-corrected chi connectivity index (χ1v) is 6.82. The van der Waals surface area contributed by atoms with E-state index in [2.05, 4.69) is 29.9 Å². The van der Waals surface area contributed by atoms with Gasteiger partial charge in [0.1, 0.15) is 0 Å². The van der Waals surface area contributed by atoms with Crippen molar-refractivity contribution in [2.45, 2.75) is 44.7 Å². The molecular weight excluding hydrogens is 222 g/mol. The molecule has 0 bridgehead atoms. The summed E-state index contributed by atoms with van der Waals surface area (Å²) in [7, 11) is 0. The Morgan fingerprint density at radius 1 is 1.61 bits per heavy atom. The molecule has 3 N–H and O–H groups in total. The van der Waals surface area contributed by atoms with Crippen molar-refractivity contribution in [3.05, 3.63) is 35.7 Å². The van der Waals surface area contributed by atoms with E-state index in [1.165, 1.54) is 24.0 Å². The van der Waals surface area contributed by atoms with Crippen LogP contribution in [0.25, 0.3) is 6.08 Å². The standard InChI is InChI=1S/C15H23N3/c1-3-15-12(5-4-8-16)9-13(10-17-15)11(2)18-14-6-7-14/h3,9-11,14,18H,1,4-8,16H2,2H3. The van der Waals surface area contributed by atoms with E-state index < -0.39 is 0 Å². The van der Waals surface area contributed by atoms with Gasteiger partial charge in [0.2, 0.25) is 0 Å². The molecule has 1 aliphatic carbocycles. The molecule has 1 saturated carbocycles. The summed E-state index contributed by atoms with van der Waals surface area (Å²) in [5.41, 5.74) is 9.10. The molecule has 0 aromatic carbocycles. The van der Waals surface area contributed by atoms with E-state index in [1.54, 1.807) is 0 Å². The number of pyridine rings is 1. The van der Waals surface area contributed by atoms with Gasteiger partial charge in [-0.05, 0) is 56.4 Å². The molecule has 0 spiro atoms. The van der Waals surface area contributed by atoms with Crippen LogP contribution in [0.5, 0.6) is 0 Å². The first-order valence-electron chi connectivity index (χ1n) is 6.82. The van der Waals surface area contributed by atoms with Gasteiger partial charge < -0.3 is 11.1 Å². The summed E-state index contributed by atoms with van der Waals surface area (Å²) in [5.74, 6) is 0. The Morgan fingerprint density at radius 3 is 3.00 bits per heavy atom. The highest BCUT2D eigenvalue weighted by Gasteiger charge is 2.23. The summed E-state index contributed by atoms with van der Waals surface area (Å²) in [6.07, 6.45) is 8.38. The van der Waals surface area contributed by atoms with E-state index in [0.717, 1.165) is 25.1 Å². The van der Waals surface area contributed by atoms with E-state index in [1.807, 2.05) is 12.3 Å². The molecule has 0 saturated heterocycles. The van der Waals surface area contributed by atoms with Gasteiger partial charge in [0.25, 0.3) is 0 Å². The number of aryl methyl sites for hydroxylation is 1. The van der Waals surface area contributed by atoms with Crippen LogP contribution < -0.4 is 11.1 Å². The molecule has 3 nitrogen and oxygen atoms in total. The Balaban J connectivity index is 2.12. The molecule has 0 amide bonds. The zero-order chi connectivity index (χ0) is 13.0. The van der Waals surface area contributed by atoms with Gasteiger partial charge >= 0.3 is 0 Å². The summed E-state index contributed by atoms with van der Waals surface area (Å²) in [6, 6.07) is 3.34. The van der Waals surface area contributed by atoms with E-state index >= 15 is 0 Å². The minimum absolute atomic E-state index is 0.375. The quantitative estimate of drug-likeness (QED) is 0.775. The van der Waals surface area contributed by atoms with Crippen molar-refractivity contribution >= 4 is 6.08 Å². The first-order chi connectivity index (χ1) is 8.74. The summed E-state index contributed by atoms with van der Waals surface area (Å²) in [5, 5.41) is 3.60. The molecule has 1 unspecified atom stereocenters. The van der Waals surface area contributed by atoms with Crippen LogP contribution in [0.2, 0.25) is 0 Å². The van der Waals surface area contributed by atoms with Crippen LogP contribution in [0.3, 0.4) is 0 Å². The number of nitrogens with zero attached hydrogens (tertiary/aromatic N) is 1. The molecule has 1 aliphatic rings. The first kappa shape index (κ1) is 13.2. The Kier molecular flexibility index (Phi) is 4.50. The number of nitrogens with two attached hydrogens (primary N) is 1. The van der Waals surface area contributed by atoms with Gasteiger partial charge in [-0.3, -0.25) is 4.98 Å². The van der Waals surface area contributed by atoms with Crippen molar-refractivity contribution in [2.24, 2.45) is 5.73 Å². The second-order valence-corrected chi connectivity index (χ2v) is 5.07. The van der Waals surface area contributed by atoms with Gasteiger partial charge in [-0.15, -0.1) is 0 Å². The summed E-state index contributed by atoms with van der Waals surface area (Å²) in [6.45, 7) is 6.75. The average Bonchev–Trinajstić information content (AvgIpc) is 3.19. The van der Waals surface area contributed by atoms with Crippen molar-refractivity contribution in [1.29, 1.82) is 0 Å². The van der Waals surface area contributed by atoms with Gasteiger partial charge in [-0.1, -0.05) is 12.6 Å². The second-order valence-electron chi connectivity index (χ2n) is 5.07. The number of aromatic nitrogens is 1. The fraction of sp³-hybridized carbons (Fsp3) is 0.533. The lowest BCUT2D eigenvalue weighted by molar-refractivity contribution is 0.568. The molecule has 3 heteroatoms. The Labute approximate surface area is 109 Å². The third-order valence-electron chi connectivity index (χ3n) is 3.43. The maximum Gasteiger partial charge on any atom is 0.0655 e.